The predicted octanol–water partition coefficient (Wildman–Crippen LogP) is 2.19. The lowest BCUT2D eigenvalue weighted by atomic mass is 9.91. The summed E-state index contributed by atoms with van der Waals surface area (Å²) >= 11 is 0. The van der Waals surface area contributed by atoms with Crippen LogP contribution in [0.4, 0.5) is 0 Å². The zero-order chi connectivity index (χ0) is 21.4. The molecule has 0 aromatic carbocycles. The van der Waals surface area contributed by atoms with Gasteiger partial charge in [0.25, 0.3) is 0 Å². The van der Waals surface area contributed by atoms with Crippen molar-refractivity contribution >= 4 is 27.5 Å². The van der Waals surface area contributed by atoms with E-state index in [-0.39, 0.29) is 11.8 Å². The first-order valence-corrected chi connectivity index (χ1v) is 12.2. The number of methoxy groups -OCH3 is 1. The third-order valence-corrected chi connectivity index (χ3v) is 7.16. The van der Waals surface area contributed by atoms with Crippen LogP contribution in [0.15, 0.2) is 17.3 Å². The van der Waals surface area contributed by atoms with Gasteiger partial charge < -0.3 is 14.6 Å². The monoisotopic (exact) mass is 423 g/mol. The van der Waals surface area contributed by atoms with Crippen molar-refractivity contribution in [1.82, 2.24) is 14.6 Å². The number of aromatic amines is 1. The molecule has 0 amide bonds. The summed E-state index contributed by atoms with van der Waals surface area (Å²) in [4.78, 5) is 10.4. The Kier molecular flexibility index (Phi) is 8.92. The zero-order valence-corrected chi connectivity index (χ0v) is 19.3. The fraction of sp³-hybridized carbons (Fsp3) is 0.667. The summed E-state index contributed by atoms with van der Waals surface area (Å²) in [5.41, 5.74) is 1.32. The van der Waals surface area contributed by atoms with E-state index in [9.17, 15) is 4.21 Å². The fourth-order valence-corrected chi connectivity index (χ4v) is 5.13. The minimum absolute atomic E-state index is 0.123. The van der Waals surface area contributed by atoms with E-state index in [1.54, 1.807) is 7.11 Å². The van der Waals surface area contributed by atoms with E-state index in [2.05, 4.69) is 41.6 Å². The molecule has 1 aliphatic rings. The molecule has 0 saturated heterocycles. The molecule has 0 aliphatic heterocycles. The van der Waals surface area contributed by atoms with Crippen molar-refractivity contribution in [1.29, 1.82) is 4.78 Å². The van der Waals surface area contributed by atoms with Crippen molar-refractivity contribution in [2.75, 3.05) is 26.5 Å². The Morgan fingerprint density at radius 2 is 2.14 bits per heavy atom. The summed E-state index contributed by atoms with van der Waals surface area (Å²) in [6, 6.07) is 2.60. The fourth-order valence-electron chi connectivity index (χ4n) is 3.84. The molecule has 164 valence electrons. The van der Waals surface area contributed by atoms with Gasteiger partial charge in [0.15, 0.2) is 0 Å². The van der Waals surface area contributed by atoms with Crippen LogP contribution in [-0.4, -0.2) is 58.9 Å². The quantitative estimate of drug-likeness (QED) is 0.532. The van der Waals surface area contributed by atoms with E-state index < -0.39 is 9.92 Å². The van der Waals surface area contributed by atoms with Gasteiger partial charge in [0.05, 0.1) is 12.4 Å². The third-order valence-electron chi connectivity index (χ3n) is 5.71. The van der Waals surface area contributed by atoms with Crippen molar-refractivity contribution in [2.45, 2.75) is 65.0 Å². The Hall–Kier alpha value is -1.64. The Bertz CT molecular complexity index is 896. The highest BCUT2D eigenvalue weighted by Crippen LogP contribution is 2.25. The molecule has 3 N–H and O–H groups in total. The summed E-state index contributed by atoms with van der Waals surface area (Å²) in [6.45, 7) is 6.61. The molecule has 0 spiro atoms. The van der Waals surface area contributed by atoms with Crippen LogP contribution in [0.2, 0.25) is 0 Å². The molecule has 1 atom stereocenters. The average Bonchev–Trinajstić information content (AvgIpc) is 3.19. The minimum Gasteiger partial charge on any atom is -0.384 e. The molecular weight excluding hydrogens is 386 g/mol. The molecule has 1 aliphatic carbocycles. The number of hydrogen-bond donors (Lipinski definition) is 3. The second-order valence-electron chi connectivity index (χ2n) is 7.72. The van der Waals surface area contributed by atoms with E-state index in [0.29, 0.717) is 12.6 Å². The zero-order valence-electron chi connectivity index (χ0n) is 18.5. The van der Waals surface area contributed by atoms with Gasteiger partial charge in [-0.05, 0) is 57.6 Å². The number of aromatic nitrogens is 1. The highest BCUT2D eigenvalue weighted by Gasteiger charge is 2.27. The lowest BCUT2D eigenvalue weighted by molar-refractivity contribution is 0.216. The van der Waals surface area contributed by atoms with Crippen LogP contribution in [0.25, 0.3) is 11.4 Å². The predicted molar refractivity (Wildman–Crippen MR) is 122 cm³/mol. The second-order valence-corrected chi connectivity index (χ2v) is 9.71. The van der Waals surface area contributed by atoms with Crippen LogP contribution in [0.3, 0.4) is 0 Å². The van der Waals surface area contributed by atoms with Crippen molar-refractivity contribution in [3.8, 4) is 0 Å². The first-order chi connectivity index (χ1) is 13.8. The van der Waals surface area contributed by atoms with Crippen LogP contribution in [-0.2, 0) is 14.7 Å². The summed E-state index contributed by atoms with van der Waals surface area (Å²) < 4.78 is 28.4. The molecule has 8 heteroatoms. The molecule has 2 rings (SSSR count). The summed E-state index contributed by atoms with van der Waals surface area (Å²) in [6.07, 6.45) is 8.59. The Labute approximate surface area is 175 Å². The highest BCUT2D eigenvalue weighted by atomic mass is 32.2. The number of ether oxygens (including phenoxy) is 1. The molecule has 1 heterocycles. The van der Waals surface area contributed by atoms with E-state index in [1.165, 1.54) is 5.57 Å². The maximum Gasteiger partial charge on any atom is 0.137 e. The van der Waals surface area contributed by atoms with Crippen LogP contribution in [0.1, 0.15) is 52.9 Å². The van der Waals surface area contributed by atoms with Crippen molar-refractivity contribution < 1.29 is 8.95 Å². The minimum atomic E-state index is -2.78. The van der Waals surface area contributed by atoms with Crippen LogP contribution in [0.5, 0.6) is 0 Å². The van der Waals surface area contributed by atoms with Crippen LogP contribution < -0.4 is 15.3 Å². The number of hydrogen-bond acceptors (Lipinski definition) is 5. The number of nitrogens with zero attached hydrogens (tertiary/aromatic N) is 2. The molecule has 7 nitrogen and oxygen atoms in total. The van der Waals surface area contributed by atoms with Gasteiger partial charge in [-0.2, -0.15) is 0 Å². The first kappa shape index (κ1) is 23.6. The van der Waals surface area contributed by atoms with Crippen molar-refractivity contribution in [3.05, 3.63) is 22.8 Å². The smallest absolute Gasteiger partial charge is 0.137 e. The molecule has 1 fully saturated rings. The standard InChI is InChI=1S/C21H37N5O2S/c1-6-16(3)20-19(12-13-24-20)21(23-7-2)26(4)18-10-8-17(9-11-18)25-29(22,27)15-14-28-5/h7,12-13,17-18,24H,6,8-11,14-15H2,1-5H3,(H2,22,25,27)/b20-16+,21-19+,23-7-. The van der Waals surface area contributed by atoms with E-state index in [1.807, 2.05) is 19.3 Å². The van der Waals surface area contributed by atoms with Crippen molar-refractivity contribution in [2.24, 2.45) is 4.99 Å². The van der Waals surface area contributed by atoms with Crippen LogP contribution >= 0.6 is 0 Å². The highest BCUT2D eigenvalue weighted by molar-refractivity contribution is 7.90. The molecule has 0 radical (unpaired) electrons. The Morgan fingerprint density at radius 1 is 1.45 bits per heavy atom. The molecular formula is C21H37N5O2S. The average molecular weight is 424 g/mol. The lowest BCUT2D eigenvalue weighted by Gasteiger charge is -2.36. The lowest BCUT2D eigenvalue weighted by Crippen LogP contribution is -2.44. The van der Waals surface area contributed by atoms with Gasteiger partial charge in [0.2, 0.25) is 0 Å². The van der Waals surface area contributed by atoms with E-state index in [4.69, 9.17) is 14.5 Å². The molecule has 1 saturated carbocycles. The maximum atomic E-state index is 12.3. The molecule has 1 aromatic heterocycles. The van der Waals surface area contributed by atoms with Gasteiger partial charge in [-0.3, -0.25) is 0 Å². The number of nitrogens with one attached hydrogen (secondary N) is 3. The largest absolute Gasteiger partial charge is 0.384 e. The van der Waals surface area contributed by atoms with Gasteiger partial charge in [0.1, 0.15) is 15.7 Å². The molecule has 1 aromatic rings. The van der Waals surface area contributed by atoms with Gasteiger partial charge in [-0.15, -0.1) is 0 Å². The SMILES string of the molecule is C\C=N/C(=c1/cc[nH]/c1=C(\C)CC)N(C)C1CCC(NS(=N)(=O)CCOC)CC1. The first-order valence-electron chi connectivity index (χ1n) is 10.4. The van der Waals surface area contributed by atoms with Gasteiger partial charge in [0, 0.05) is 49.2 Å². The summed E-state index contributed by atoms with van der Waals surface area (Å²) in [5.74, 6) is 1.22. The van der Waals surface area contributed by atoms with Gasteiger partial charge >= 0.3 is 0 Å². The van der Waals surface area contributed by atoms with Gasteiger partial charge in [-0.1, -0.05) is 6.92 Å². The number of H-pyrrole nitrogens is 1. The van der Waals surface area contributed by atoms with Crippen LogP contribution in [0, 0.1) is 4.78 Å². The van der Waals surface area contributed by atoms with Crippen molar-refractivity contribution in [3.63, 3.8) is 0 Å². The van der Waals surface area contributed by atoms with E-state index in [0.717, 1.165) is 48.5 Å². The normalized spacial score (nSPS) is 24.3. The molecule has 29 heavy (non-hydrogen) atoms. The number of rotatable bonds is 9. The maximum absolute atomic E-state index is 12.3. The Balaban J connectivity index is 2.16. The van der Waals surface area contributed by atoms with E-state index >= 15 is 0 Å². The molecule has 0 bridgehead atoms. The summed E-state index contributed by atoms with van der Waals surface area (Å²) in [5, 5.41) is 2.29. The number of aliphatic imine (C=N–C) groups is 1. The second kappa shape index (κ2) is 10.9. The topological polar surface area (TPSA) is 93.6 Å². The third kappa shape index (κ3) is 6.42. The Morgan fingerprint density at radius 3 is 2.72 bits per heavy atom. The summed E-state index contributed by atoms with van der Waals surface area (Å²) in [7, 11) is 0.901. The van der Waals surface area contributed by atoms with Gasteiger partial charge in [-0.25, -0.2) is 18.7 Å². The molecule has 1 unspecified atom stereocenters.